The van der Waals surface area contributed by atoms with E-state index in [-0.39, 0.29) is 24.2 Å². The first-order chi connectivity index (χ1) is 12.0. The maximum Gasteiger partial charge on any atom is 0.303 e. The lowest BCUT2D eigenvalue weighted by atomic mass is 10.0. The first-order valence-corrected chi connectivity index (χ1v) is 8.97. The summed E-state index contributed by atoms with van der Waals surface area (Å²) in [6.07, 6.45) is 0.638. The highest BCUT2D eigenvalue weighted by molar-refractivity contribution is 7.99. The van der Waals surface area contributed by atoms with Gasteiger partial charge in [0.05, 0.1) is 6.04 Å². The van der Waals surface area contributed by atoms with Crippen LogP contribution in [0.15, 0.2) is 59.5 Å². The molecule has 4 nitrogen and oxygen atoms in total. The van der Waals surface area contributed by atoms with Crippen LogP contribution in [0, 0.1) is 5.82 Å². The molecule has 25 heavy (non-hydrogen) atoms. The Balaban J connectivity index is 1.85. The van der Waals surface area contributed by atoms with E-state index < -0.39 is 5.97 Å². The third kappa shape index (κ3) is 6.97. The second-order valence-electron chi connectivity index (χ2n) is 5.52. The predicted octanol–water partition coefficient (Wildman–Crippen LogP) is 4.03. The maximum absolute atomic E-state index is 12.9. The van der Waals surface area contributed by atoms with Crippen molar-refractivity contribution in [2.75, 3.05) is 5.75 Å². The highest BCUT2D eigenvalue weighted by Crippen LogP contribution is 2.21. The SMILES string of the molecule is O=C(O)CCC(NC(=O)CCSc1ccc(F)cc1)c1ccccc1. The minimum atomic E-state index is -0.887. The van der Waals surface area contributed by atoms with Gasteiger partial charge in [0, 0.05) is 23.5 Å². The standard InChI is InChI=1S/C19H20FNO3S/c20-15-6-8-16(9-7-15)25-13-12-18(22)21-17(10-11-19(23)24)14-4-2-1-3-5-14/h1-9,17H,10-13H2,(H,21,22)(H,23,24). The first-order valence-electron chi connectivity index (χ1n) is 7.99. The Hall–Kier alpha value is -2.34. The van der Waals surface area contributed by atoms with E-state index in [2.05, 4.69) is 5.32 Å². The molecule has 0 spiro atoms. The number of carboxylic acids is 1. The molecule has 1 amide bonds. The molecule has 2 N–H and O–H groups in total. The number of carbonyl (C=O) groups excluding carboxylic acids is 1. The number of amides is 1. The zero-order chi connectivity index (χ0) is 18.1. The molecule has 0 aromatic heterocycles. The number of aliphatic carboxylic acids is 1. The Labute approximate surface area is 150 Å². The summed E-state index contributed by atoms with van der Waals surface area (Å²) in [5.41, 5.74) is 0.892. The zero-order valence-corrected chi connectivity index (χ0v) is 14.5. The summed E-state index contributed by atoms with van der Waals surface area (Å²) in [5, 5.41) is 11.8. The van der Waals surface area contributed by atoms with Crippen molar-refractivity contribution in [2.45, 2.75) is 30.2 Å². The molecule has 1 unspecified atom stereocenters. The molecular formula is C19H20FNO3S. The van der Waals surface area contributed by atoms with Crippen LogP contribution in [0.5, 0.6) is 0 Å². The van der Waals surface area contributed by atoms with Gasteiger partial charge in [-0.15, -0.1) is 11.8 Å². The van der Waals surface area contributed by atoms with Gasteiger partial charge < -0.3 is 10.4 Å². The fraction of sp³-hybridized carbons (Fsp3) is 0.263. The number of carbonyl (C=O) groups is 2. The largest absolute Gasteiger partial charge is 0.481 e. The predicted molar refractivity (Wildman–Crippen MR) is 95.9 cm³/mol. The van der Waals surface area contributed by atoms with E-state index in [9.17, 15) is 14.0 Å². The summed E-state index contributed by atoms with van der Waals surface area (Å²) < 4.78 is 12.9. The lowest BCUT2D eigenvalue weighted by Gasteiger charge is -2.18. The van der Waals surface area contributed by atoms with Crippen LogP contribution in [0.4, 0.5) is 4.39 Å². The van der Waals surface area contributed by atoms with Crippen molar-refractivity contribution < 1.29 is 19.1 Å². The number of hydrogen-bond donors (Lipinski definition) is 2. The van der Waals surface area contributed by atoms with Gasteiger partial charge in [-0.3, -0.25) is 9.59 Å². The van der Waals surface area contributed by atoms with Crippen molar-refractivity contribution in [2.24, 2.45) is 0 Å². The van der Waals surface area contributed by atoms with E-state index in [1.807, 2.05) is 30.3 Å². The average Bonchev–Trinajstić information content (AvgIpc) is 2.61. The molecule has 0 saturated carbocycles. The van der Waals surface area contributed by atoms with Crippen LogP contribution in [0.25, 0.3) is 0 Å². The second-order valence-corrected chi connectivity index (χ2v) is 6.68. The molecule has 0 radical (unpaired) electrons. The minimum Gasteiger partial charge on any atom is -0.481 e. The van der Waals surface area contributed by atoms with Gasteiger partial charge in [-0.2, -0.15) is 0 Å². The number of halogens is 1. The first kappa shape index (κ1) is 19.0. The molecule has 2 aromatic rings. The number of hydrogen-bond acceptors (Lipinski definition) is 3. The molecule has 0 aliphatic carbocycles. The van der Waals surface area contributed by atoms with Gasteiger partial charge in [-0.25, -0.2) is 4.39 Å². The lowest BCUT2D eigenvalue weighted by molar-refractivity contribution is -0.137. The summed E-state index contributed by atoms with van der Waals surface area (Å²) in [6.45, 7) is 0. The quantitative estimate of drug-likeness (QED) is 0.662. The highest BCUT2D eigenvalue weighted by Gasteiger charge is 2.15. The Morgan fingerprint density at radius 1 is 1.04 bits per heavy atom. The highest BCUT2D eigenvalue weighted by atomic mass is 32.2. The fourth-order valence-corrected chi connectivity index (χ4v) is 3.19. The van der Waals surface area contributed by atoms with Crippen molar-refractivity contribution in [3.05, 3.63) is 66.0 Å². The summed E-state index contributed by atoms with van der Waals surface area (Å²) in [6, 6.07) is 15.2. The van der Waals surface area contributed by atoms with Crippen molar-refractivity contribution in [3.8, 4) is 0 Å². The zero-order valence-electron chi connectivity index (χ0n) is 13.7. The van der Waals surface area contributed by atoms with Crippen molar-refractivity contribution >= 4 is 23.6 Å². The molecule has 0 aliphatic heterocycles. The van der Waals surface area contributed by atoms with Crippen LogP contribution in [0.3, 0.4) is 0 Å². The van der Waals surface area contributed by atoms with E-state index in [1.54, 1.807) is 12.1 Å². The summed E-state index contributed by atoms with van der Waals surface area (Å²) >= 11 is 1.48. The normalized spacial score (nSPS) is 11.7. The molecule has 1 atom stereocenters. The van der Waals surface area contributed by atoms with Gasteiger partial charge in [-0.1, -0.05) is 30.3 Å². The van der Waals surface area contributed by atoms with E-state index in [0.717, 1.165) is 10.5 Å². The second kappa shape index (κ2) is 9.84. The van der Waals surface area contributed by atoms with Gasteiger partial charge in [0.1, 0.15) is 5.82 Å². The molecule has 2 aromatic carbocycles. The van der Waals surface area contributed by atoms with Gasteiger partial charge in [0.25, 0.3) is 0 Å². The summed E-state index contributed by atoms with van der Waals surface area (Å²) in [5.74, 6) is -0.736. The molecule has 6 heteroatoms. The Morgan fingerprint density at radius 2 is 1.72 bits per heavy atom. The van der Waals surface area contributed by atoms with Crippen LogP contribution in [0.1, 0.15) is 30.9 Å². The van der Waals surface area contributed by atoms with Crippen molar-refractivity contribution in [3.63, 3.8) is 0 Å². The summed E-state index contributed by atoms with van der Waals surface area (Å²) in [7, 11) is 0. The third-order valence-electron chi connectivity index (χ3n) is 3.60. The Bertz CT molecular complexity index is 692. The topological polar surface area (TPSA) is 66.4 Å². The summed E-state index contributed by atoms with van der Waals surface area (Å²) in [4.78, 5) is 23.9. The van der Waals surface area contributed by atoms with Gasteiger partial charge in [0.2, 0.25) is 5.91 Å². The van der Waals surface area contributed by atoms with E-state index in [0.29, 0.717) is 18.6 Å². The van der Waals surface area contributed by atoms with Gasteiger partial charge >= 0.3 is 5.97 Å². The monoisotopic (exact) mass is 361 g/mol. The van der Waals surface area contributed by atoms with Crippen molar-refractivity contribution in [1.29, 1.82) is 0 Å². The van der Waals surface area contributed by atoms with Gasteiger partial charge in [0.15, 0.2) is 0 Å². The van der Waals surface area contributed by atoms with E-state index >= 15 is 0 Å². The number of thioether (sulfide) groups is 1. The lowest BCUT2D eigenvalue weighted by Crippen LogP contribution is -2.29. The van der Waals surface area contributed by atoms with Crippen LogP contribution >= 0.6 is 11.8 Å². The molecule has 0 saturated heterocycles. The molecule has 0 bridgehead atoms. The molecular weight excluding hydrogens is 341 g/mol. The molecule has 0 fully saturated rings. The van der Waals surface area contributed by atoms with Crippen LogP contribution in [-0.4, -0.2) is 22.7 Å². The number of rotatable bonds is 9. The third-order valence-corrected chi connectivity index (χ3v) is 4.61. The minimum absolute atomic E-state index is 0.00975. The van der Waals surface area contributed by atoms with E-state index in [4.69, 9.17) is 5.11 Å². The average molecular weight is 361 g/mol. The molecule has 132 valence electrons. The van der Waals surface area contributed by atoms with Crippen molar-refractivity contribution in [1.82, 2.24) is 5.32 Å². The van der Waals surface area contributed by atoms with Crippen LogP contribution in [0.2, 0.25) is 0 Å². The number of nitrogens with one attached hydrogen (secondary N) is 1. The smallest absolute Gasteiger partial charge is 0.303 e. The molecule has 2 rings (SSSR count). The fourth-order valence-electron chi connectivity index (χ4n) is 2.33. The molecule has 0 heterocycles. The number of benzene rings is 2. The number of carboxylic acid groups (broad SMARTS) is 1. The van der Waals surface area contributed by atoms with Crippen LogP contribution in [-0.2, 0) is 9.59 Å². The Morgan fingerprint density at radius 3 is 2.36 bits per heavy atom. The van der Waals surface area contributed by atoms with Gasteiger partial charge in [-0.05, 0) is 36.2 Å². The maximum atomic E-state index is 12.9. The van der Waals surface area contributed by atoms with Crippen LogP contribution < -0.4 is 5.32 Å². The molecule has 0 aliphatic rings. The Kier molecular flexibility index (Phi) is 7.47. The van der Waals surface area contributed by atoms with E-state index in [1.165, 1.54) is 23.9 Å².